The van der Waals surface area contributed by atoms with Crippen molar-refractivity contribution in [2.24, 2.45) is 0 Å². The van der Waals surface area contributed by atoms with E-state index in [0.717, 1.165) is 22.5 Å². The summed E-state index contributed by atoms with van der Waals surface area (Å²) in [5, 5.41) is 4.89. The Labute approximate surface area is 153 Å². The molecular weight excluding hydrogens is 528 g/mol. The second-order valence-corrected chi connectivity index (χ2v) is 9.54. The fourth-order valence-electron chi connectivity index (χ4n) is 2.20. The Morgan fingerprint density at radius 3 is 2.59 bits per heavy atom. The Kier molecular flexibility index (Phi) is 5.03. The Morgan fingerprint density at radius 1 is 1.14 bits per heavy atom. The molecule has 114 valence electrons. The van der Waals surface area contributed by atoms with Crippen molar-refractivity contribution in [3.63, 3.8) is 0 Å². The van der Waals surface area contributed by atoms with Crippen LogP contribution in [0.3, 0.4) is 0 Å². The van der Waals surface area contributed by atoms with Crippen molar-refractivity contribution in [3.05, 3.63) is 68.8 Å². The number of hydrogen-bond acceptors (Lipinski definition) is 1. The molecule has 2 nitrogen and oxygen atoms in total. The molecule has 0 fully saturated rings. The summed E-state index contributed by atoms with van der Waals surface area (Å²) < 4.78 is 16.8. The third kappa shape index (κ3) is 3.46. The van der Waals surface area contributed by atoms with Gasteiger partial charge in [0.25, 0.3) is 0 Å². The summed E-state index contributed by atoms with van der Waals surface area (Å²) >= 11 is 8.29. The molecule has 1 aromatic heterocycles. The van der Waals surface area contributed by atoms with Crippen LogP contribution < -0.4 is 17.2 Å². The molecule has 2 aromatic carbocycles. The zero-order valence-electron chi connectivity index (χ0n) is 11.5. The van der Waals surface area contributed by atoms with Gasteiger partial charge in [-0.25, -0.2) is 0 Å². The van der Waals surface area contributed by atoms with E-state index in [-0.39, 0.29) is 23.0 Å². The monoisotopic (exact) mass is 539 g/mol. The molecule has 0 amide bonds. The molecule has 6 heteroatoms. The van der Waals surface area contributed by atoms with E-state index >= 15 is 0 Å². The summed E-state index contributed by atoms with van der Waals surface area (Å²) in [6.45, 7) is 1.96. The SMILES string of the molecule is Cc1ccn(-c2cc(-c3cc(F)cc(Cl)c3)ccc2[I-]I)n1. The maximum absolute atomic E-state index is 13.6. The van der Waals surface area contributed by atoms with Crippen LogP contribution >= 0.6 is 30.2 Å². The molecule has 0 aliphatic carbocycles. The molecule has 0 aliphatic rings. The minimum atomic E-state index is -0.329. The van der Waals surface area contributed by atoms with Crippen molar-refractivity contribution in [3.8, 4) is 16.8 Å². The van der Waals surface area contributed by atoms with E-state index in [1.54, 1.807) is 6.07 Å². The van der Waals surface area contributed by atoms with Crippen LogP contribution in [0.25, 0.3) is 16.8 Å². The van der Waals surface area contributed by atoms with E-state index in [1.165, 1.54) is 15.7 Å². The molecule has 0 aliphatic heterocycles. The van der Waals surface area contributed by atoms with Gasteiger partial charge in [-0.3, -0.25) is 0 Å². The van der Waals surface area contributed by atoms with E-state index in [0.29, 0.717) is 5.02 Å². The van der Waals surface area contributed by atoms with E-state index in [9.17, 15) is 4.39 Å². The molecule has 3 aromatic rings. The number of nitrogens with zero attached hydrogens (tertiary/aromatic N) is 2. The molecule has 0 radical (unpaired) electrons. The molecule has 0 N–H and O–H groups in total. The van der Waals surface area contributed by atoms with Crippen LogP contribution in [0.4, 0.5) is 4.39 Å². The number of hydrogen-bond donors (Lipinski definition) is 0. The van der Waals surface area contributed by atoms with E-state index in [4.69, 9.17) is 11.6 Å². The van der Waals surface area contributed by atoms with Gasteiger partial charge < -0.3 is 0 Å². The van der Waals surface area contributed by atoms with E-state index < -0.39 is 0 Å². The predicted octanol–water partition coefficient (Wildman–Crippen LogP) is 2.25. The Balaban J connectivity index is 2.14. The molecule has 0 saturated carbocycles. The number of aryl methyl sites for hydroxylation is 1. The number of halogens is 4. The van der Waals surface area contributed by atoms with Crippen LogP contribution in [0, 0.1) is 16.3 Å². The summed E-state index contributed by atoms with van der Waals surface area (Å²) in [5.41, 5.74) is 3.72. The Morgan fingerprint density at radius 2 is 1.95 bits per heavy atom. The van der Waals surface area contributed by atoms with Gasteiger partial charge in [0.1, 0.15) is 0 Å². The van der Waals surface area contributed by atoms with Gasteiger partial charge in [-0.1, -0.05) is 0 Å². The van der Waals surface area contributed by atoms with Gasteiger partial charge in [0.15, 0.2) is 0 Å². The van der Waals surface area contributed by atoms with Gasteiger partial charge >= 0.3 is 154 Å². The molecule has 0 saturated heterocycles. The van der Waals surface area contributed by atoms with Crippen LogP contribution in [0.1, 0.15) is 5.69 Å². The fraction of sp³-hybridized carbons (Fsp3) is 0.0625. The summed E-state index contributed by atoms with van der Waals surface area (Å²) in [5.74, 6) is -0.329. The number of rotatable bonds is 3. The molecule has 1 heterocycles. The standard InChI is InChI=1S/C16H11ClFI2N2/c1-10-4-5-22(21-10)16-8-11(2-3-15(16)20-19)12-6-13(17)9-14(18)7-12/h2-9H,1H3/q-1. The van der Waals surface area contributed by atoms with Gasteiger partial charge in [0.2, 0.25) is 0 Å². The van der Waals surface area contributed by atoms with Crippen molar-refractivity contribution >= 4 is 30.2 Å². The van der Waals surface area contributed by atoms with Crippen LogP contribution in [0.15, 0.2) is 48.7 Å². The van der Waals surface area contributed by atoms with Crippen LogP contribution in [0.5, 0.6) is 0 Å². The third-order valence-corrected chi connectivity index (χ3v) is 7.70. The van der Waals surface area contributed by atoms with Crippen molar-refractivity contribution in [2.45, 2.75) is 6.92 Å². The van der Waals surface area contributed by atoms with Gasteiger partial charge in [0, 0.05) is 0 Å². The first-order chi connectivity index (χ1) is 10.6. The summed E-state index contributed by atoms with van der Waals surface area (Å²) in [6, 6.07) is 12.7. The van der Waals surface area contributed by atoms with E-state index in [1.807, 2.05) is 36.0 Å². The fourth-order valence-corrected chi connectivity index (χ4v) is 5.66. The van der Waals surface area contributed by atoms with Crippen LogP contribution in [0.2, 0.25) is 5.02 Å². The Hall–Kier alpha value is -0.670. The summed E-state index contributed by atoms with van der Waals surface area (Å²) in [6.07, 6.45) is 1.95. The number of benzene rings is 2. The van der Waals surface area contributed by atoms with Crippen molar-refractivity contribution in [1.82, 2.24) is 9.78 Å². The van der Waals surface area contributed by atoms with Gasteiger partial charge in [-0.15, -0.1) is 0 Å². The summed E-state index contributed by atoms with van der Waals surface area (Å²) in [7, 11) is 0. The minimum absolute atomic E-state index is 0.116. The second-order valence-electron chi connectivity index (χ2n) is 4.80. The molecular formula is C16H11ClFI2N2-. The normalized spacial score (nSPS) is 11.1. The first-order valence-electron chi connectivity index (χ1n) is 6.46. The quantitative estimate of drug-likeness (QED) is 0.467. The predicted molar refractivity (Wildman–Crippen MR) is 91.4 cm³/mol. The number of aromatic nitrogens is 2. The van der Waals surface area contributed by atoms with Crippen molar-refractivity contribution in [1.29, 1.82) is 0 Å². The van der Waals surface area contributed by atoms with Crippen LogP contribution in [-0.4, -0.2) is 9.78 Å². The zero-order valence-corrected chi connectivity index (χ0v) is 16.6. The molecule has 0 atom stereocenters. The van der Waals surface area contributed by atoms with Gasteiger partial charge in [0.05, 0.1) is 0 Å². The molecule has 0 spiro atoms. The van der Waals surface area contributed by atoms with Crippen molar-refractivity contribution in [2.75, 3.05) is 0 Å². The van der Waals surface area contributed by atoms with Gasteiger partial charge in [-0.2, -0.15) is 0 Å². The molecule has 22 heavy (non-hydrogen) atoms. The Bertz CT molecular complexity index is 813. The average Bonchev–Trinajstić information content (AvgIpc) is 2.92. The first kappa shape index (κ1) is 16.2. The third-order valence-electron chi connectivity index (χ3n) is 3.19. The second kappa shape index (κ2) is 6.84. The first-order valence-corrected chi connectivity index (χ1v) is 14.2. The molecule has 3 rings (SSSR count). The van der Waals surface area contributed by atoms with Crippen LogP contribution in [-0.2, 0) is 0 Å². The molecule has 0 bridgehead atoms. The maximum atomic E-state index is 13.6. The summed E-state index contributed by atoms with van der Waals surface area (Å²) in [4.78, 5) is 0. The molecule has 0 unspecified atom stereocenters. The van der Waals surface area contributed by atoms with Crippen molar-refractivity contribution < 1.29 is 21.6 Å². The van der Waals surface area contributed by atoms with E-state index in [2.05, 4.69) is 29.8 Å². The average molecular weight is 540 g/mol. The van der Waals surface area contributed by atoms with Gasteiger partial charge in [-0.05, 0) is 0 Å². The topological polar surface area (TPSA) is 17.8 Å². The zero-order chi connectivity index (χ0) is 15.7.